The Balaban J connectivity index is 2.12. The highest BCUT2D eigenvalue weighted by molar-refractivity contribution is 7.91. The van der Waals surface area contributed by atoms with Gasteiger partial charge in [-0.05, 0) is 25.8 Å². The lowest BCUT2D eigenvalue weighted by Gasteiger charge is -2.10. The van der Waals surface area contributed by atoms with Crippen molar-refractivity contribution in [2.45, 2.75) is 25.3 Å². The van der Waals surface area contributed by atoms with Crippen molar-refractivity contribution in [3.05, 3.63) is 0 Å². The van der Waals surface area contributed by atoms with Crippen LogP contribution >= 0.6 is 0 Å². The Kier molecular flexibility index (Phi) is 3.88. The smallest absolute Gasteiger partial charge is 0.151 e. The van der Waals surface area contributed by atoms with Gasteiger partial charge < -0.3 is 15.2 Å². The van der Waals surface area contributed by atoms with E-state index in [1.165, 1.54) is 0 Å². The van der Waals surface area contributed by atoms with Crippen LogP contribution in [0.5, 0.6) is 0 Å². The van der Waals surface area contributed by atoms with E-state index >= 15 is 0 Å². The summed E-state index contributed by atoms with van der Waals surface area (Å²) in [5, 5.41) is 13.1. The molecule has 0 spiro atoms. The molecule has 0 aromatic rings. The quantitative estimate of drug-likeness (QED) is 0.558. The molecular formula is C8H14NO4S-. The van der Waals surface area contributed by atoms with Crippen LogP contribution < -0.4 is 10.4 Å². The number of hydrogen-bond acceptors (Lipinski definition) is 5. The van der Waals surface area contributed by atoms with Crippen LogP contribution in [-0.4, -0.2) is 38.5 Å². The Morgan fingerprint density at radius 1 is 1.50 bits per heavy atom. The van der Waals surface area contributed by atoms with Gasteiger partial charge in [0.1, 0.15) is 0 Å². The molecule has 14 heavy (non-hydrogen) atoms. The van der Waals surface area contributed by atoms with E-state index in [0.29, 0.717) is 19.4 Å². The van der Waals surface area contributed by atoms with Gasteiger partial charge in [0.05, 0.1) is 11.5 Å². The third-order valence-electron chi connectivity index (χ3n) is 2.22. The lowest BCUT2D eigenvalue weighted by Crippen LogP contribution is -2.32. The van der Waals surface area contributed by atoms with Crippen LogP contribution in [0, 0.1) is 0 Å². The molecule has 1 atom stereocenters. The molecule has 82 valence electrons. The van der Waals surface area contributed by atoms with Gasteiger partial charge in [0.15, 0.2) is 9.84 Å². The average Bonchev–Trinajstić information content (AvgIpc) is 2.39. The zero-order valence-electron chi connectivity index (χ0n) is 7.86. The van der Waals surface area contributed by atoms with Gasteiger partial charge in [0.2, 0.25) is 0 Å². The largest absolute Gasteiger partial charge is 0.550 e. The molecule has 0 aromatic carbocycles. The molecule has 0 bridgehead atoms. The zero-order chi connectivity index (χ0) is 10.6. The van der Waals surface area contributed by atoms with Crippen molar-refractivity contribution in [1.29, 1.82) is 0 Å². The summed E-state index contributed by atoms with van der Waals surface area (Å²) >= 11 is 0. The van der Waals surface area contributed by atoms with Gasteiger partial charge in [-0.25, -0.2) is 8.42 Å². The number of carboxylic acid groups (broad SMARTS) is 1. The molecule has 0 amide bonds. The van der Waals surface area contributed by atoms with Crippen molar-refractivity contribution in [1.82, 2.24) is 5.32 Å². The minimum Gasteiger partial charge on any atom is -0.550 e. The van der Waals surface area contributed by atoms with Gasteiger partial charge >= 0.3 is 0 Å². The predicted octanol–water partition coefficient (Wildman–Crippen LogP) is -1.71. The van der Waals surface area contributed by atoms with Gasteiger partial charge in [-0.1, -0.05) is 0 Å². The molecule has 1 fully saturated rings. The molecule has 5 nitrogen and oxygen atoms in total. The van der Waals surface area contributed by atoms with E-state index in [1.54, 1.807) is 0 Å². The highest BCUT2D eigenvalue weighted by Crippen LogP contribution is 2.10. The van der Waals surface area contributed by atoms with Crippen LogP contribution in [0.2, 0.25) is 0 Å². The van der Waals surface area contributed by atoms with Crippen molar-refractivity contribution < 1.29 is 18.3 Å². The number of sulfone groups is 1. The van der Waals surface area contributed by atoms with Crippen LogP contribution in [0.25, 0.3) is 0 Å². The summed E-state index contributed by atoms with van der Waals surface area (Å²) in [7, 11) is -2.84. The Hall–Kier alpha value is -0.620. The van der Waals surface area contributed by atoms with Crippen LogP contribution in [0.15, 0.2) is 0 Å². The average molecular weight is 220 g/mol. The first-order valence-corrected chi connectivity index (χ1v) is 6.45. The summed E-state index contributed by atoms with van der Waals surface area (Å²) in [4.78, 5) is 10.1. The predicted molar refractivity (Wildman–Crippen MR) is 49.3 cm³/mol. The number of carbonyl (C=O) groups excluding carboxylic acids is 1. The van der Waals surface area contributed by atoms with E-state index in [1.807, 2.05) is 0 Å². The first-order valence-electron chi connectivity index (χ1n) is 4.63. The molecular weight excluding hydrogens is 206 g/mol. The summed E-state index contributed by atoms with van der Waals surface area (Å²) < 4.78 is 22.1. The van der Waals surface area contributed by atoms with Crippen molar-refractivity contribution in [3.63, 3.8) is 0 Å². The summed E-state index contributed by atoms with van der Waals surface area (Å²) in [6.45, 7) is 0.536. The fraction of sp³-hybridized carbons (Fsp3) is 0.875. The zero-order valence-corrected chi connectivity index (χ0v) is 8.68. The lowest BCUT2D eigenvalue weighted by atomic mass is 10.2. The van der Waals surface area contributed by atoms with Crippen LogP contribution in [0.1, 0.15) is 19.3 Å². The maximum atomic E-state index is 11.0. The molecule has 0 saturated carbocycles. The molecule has 0 aromatic heterocycles. The van der Waals surface area contributed by atoms with Crippen LogP contribution in [0.3, 0.4) is 0 Å². The molecule has 0 aliphatic carbocycles. The topological polar surface area (TPSA) is 86.3 Å². The van der Waals surface area contributed by atoms with Gasteiger partial charge in [-0.15, -0.1) is 0 Å². The SMILES string of the molecule is O=C([O-])CCCNC1CCS(=O)(=O)C1. The number of hydrogen-bond donors (Lipinski definition) is 1. The maximum absolute atomic E-state index is 11.0. The van der Waals surface area contributed by atoms with E-state index in [0.717, 1.165) is 0 Å². The summed E-state index contributed by atoms with van der Waals surface area (Å²) in [5.41, 5.74) is 0. The van der Waals surface area contributed by atoms with E-state index in [2.05, 4.69) is 5.32 Å². The normalized spacial score (nSPS) is 25.0. The highest BCUT2D eigenvalue weighted by Gasteiger charge is 2.26. The molecule has 1 rings (SSSR count). The highest BCUT2D eigenvalue weighted by atomic mass is 32.2. The second-order valence-corrected chi connectivity index (χ2v) is 5.76. The van der Waals surface area contributed by atoms with E-state index in [9.17, 15) is 18.3 Å². The Bertz CT molecular complexity index is 298. The number of aliphatic carboxylic acids is 1. The van der Waals surface area contributed by atoms with Gasteiger partial charge in [0.25, 0.3) is 0 Å². The minimum atomic E-state index is -2.84. The van der Waals surface area contributed by atoms with Crippen LogP contribution in [0.4, 0.5) is 0 Å². The molecule has 1 N–H and O–H groups in total. The summed E-state index contributed by atoms with van der Waals surface area (Å²) in [6, 6.07) is 0.00162. The van der Waals surface area contributed by atoms with Crippen molar-refractivity contribution >= 4 is 15.8 Å². The Morgan fingerprint density at radius 3 is 2.71 bits per heavy atom. The standard InChI is InChI=1S/C8H15NO4S/c10-8(11)2-1-4-9-7-3-5-14(12,13)6-7/h7,9H,1-6H2,(H,10,11)/p-1. The third-order valence-corrected chi connectivity index (χ3v) is 3.99. The first kappa shape index (κ1) is 11.5. The number of carboxylic acids is 1. The van der Waals surface area contributed by atoms with E-state index in [4.69, 9.17) is 0 Å². The van der Waals surface area contributed by atoms with Crippen molar-refractivity contribution in [3.8, 4) is 0 Å². The molecule has 0 radical (unpaired) electrons. The second kappa shape index (κ2) is 4.75. The fourth-order valence-electron chi connectivity index (χ4n) is 1.49. The van der Waals surface area contributed by atoms with E-state index in [-0.39, 0.29) is 24.0 Å². The monoisotopic (exact) mass is 220 g/mol. The van der Waals surface area contributed by atoms with Gasteiger partial charge in [0, 0.05) is 12.0 Å². The number of carbonyl (C=O) groups is 1. The molecule has 1 unspecified atom stereocenters. The van der Waals surface area contributed by atoms with Crippen molar-refractivity contribution in [2.24, 2.45) is 0 Å². The number of nitrogens with one attached hydrogen (secondary N) is 1. The number of rotatable bonds is 5. The first-order chi connectivity index (χ1) is 6.49. The van der Waals surface area contributed by atoms with Crippen molar-refractivity contribution in [2.75, 3.05) is 18.1 Å². The maximum Gasteiger partial charge on any atom is 0.151 e. The lowest BCUT2D eigenvalue weighted by molar-refractivity contribution is -0.305. The molecule has 1 heterocycles. The summed E-state index contributed by atoms with van der Waals surface area (Å²) in [6.07, 6.45) is 1.14. The van der Waals surface area contributed by atoms with Crippen LogP contribution in [-0.2, 0) is 14.6 Å². The van der Waals surface area contributed by atoms with Gasteiger partial charge in [-0.3, -0.25) is 0 Å². The molecule has 6 heteroatoms. The Labute approximate surface area is 83.4 Å². The van der Waals surface area contributed by atoms with Gasteiger partial charge in [-0.2, -0.15) is 0 Å². The second-order valence-electron chi connectivity index (χ2n) is 3.53. The summed E-state index contributed by atoms with van der Waals surface area (Å²) in [5.74, 6) is -0.644. The van der Waals surface area contributed by atoms with E-state index < -0.39 is 15.8 Å². The third kappa shape index (κ3) is 4.06. The molecule has 1 aliphatic rings. The minimum absolute atomic E-state index is 0.00162. The molecule has 1 aliphatic heterocycles. The molecule has 1 saturated heterocycles. The Morgan fingerprint density at radius 2 is 2.21 bits per heavy atom. The fourth-order valence-corrected chi connectivity index (χ4v) is 3.20.